The first-order valence-corrected chi connectivity index (χ1v) is 8.10. The van der Waals surface area contributed by atoms with Gasteiger partial charge < -0.3 is 4.74 Å². The molecule has 0 spiro atoms. The molecule has 1 aromatic rings. The lowest BCUT2D eigenvalue weighted by molar-refractivity contribution is 0.0175. The predicted molar refractivity (Wildman–Crippen MR) is 88.6 cm³/mol. The molecule has 0 N–H and O–H groups in total. The summed E-state index contributed by atoms with van der Waals surface area (Å²) < 4.78 is 5.55. The van der Waals surface area contributed by atoms with E-state index in [1.165, 1.54) is 5.57 Å². The summed E-state index contributed by atoms with van der Waals surface area (Å²) in [5, 5.41) is 8.90. The van der Waals surface area contributed by atoms with E-state index in [-0.39, 0.29) is 18.2 Å². The van der Waals surface area contributed by atoms with Gasteiger partial charge in [-0.25, -0.2) is 4.79 Å². The average molecular weight is 310 g/mol. The number of carbonyl (C=O) groups excluding carboxylic acids is 1. The second-order valence-corrected chi connectivity index (χ2v) is 7.27. The number of carbonyl (C=O) groups is 1. The molecule has 4 heteroatoms. The van der Waals surface area contributed by atoms with E-state index in [0.717, 1.165) is 24.8 Å². The summed E-state index contributed by atoms with van der Waals surface area (Å²) in [5.74, 6) is 0. The molecule has 1 amide bonds. The summed E-state index contributed by atoms with van der Waals surface area (Å²) >= 11 is 0. The summed E-state index contributed by atoms with van der Waals surface area (Å²) in [7, 11) is 0. The fourth-order valence-corrected chi connectivity index (χ4v) is 3.40. The van der Waals surface area contributed by atoms with Crippen molar-refractivity contribution in [3.63, 3.8) is 0 Å². The van der Waals surface area contributed by atoms with Gasteiger partial charge in [-0.2, -0.15) is 5.26 Å². The van der Waals surface area contributed by atoms with Crippen molar-refractivity contribution in [3.8, 4) is 6.07 Å². The third-order valence-electron chi connectivity index (χ3n) is 4.38. The zero-order chi connectivity index (χ0) is 16.6. The highest BCUT2D eigenvalue weighted by molar-refractivity contribution is 5.75. The Labute approximate surface area is 137 Å². The molecule has 4 nitrogen and oxygen atoms in total. The van der Waals surface area contributed by atoms with Gasteiger partial charge in [0.1, 0.15) is 5.60 Å². The molecule has 1 fully saturated rings. The molecule has 2 bridgehead atoms. The second-order valence-electron chi connectivity index (χ2n) is 7.27. The molecule has 2 atom stereocenters. The van der Waals surface area contributed by atoms with E-state index < -0.39 is 5.60 Å². The number of nitrogens with zero attached hydrogens (tertiary/aromatic N) is 2. The molecular weight excluding hydrogens is 288 g/mol. The fraction of sp³-hybridized carbons (Fsp3) is 0.474. The van der Waals surface area contributed by atoms with Crippen LogP contribution < -0.4 is 0 Å². The molecular formula is C19H22N2O2. The number of fused-ring (bicyclic) bond motifs is 2. The molecule has 0 aromatic heterocycles. The molecule has 120 valence electrons. The van der Waals surface area contributed by atoms with E-state index in [0.29, 0.717) is 5.56 Å². The maximum atomic E-state index is 12.4. The number of hydrogen-bond acceptors (Lipinski definition) is 3. The van der Waals surface area contributed by atoms with Gasteiger partial charge >= 0.3 is 6.09 Å². The van der Waals surface area contributed by atoms with Crippen molar-refractivity contribution in [1.82, 2.24) is 4.90 Å². The minimum Gasteiger partial charge on any atom is -0.444 e. The van der Waals surface area contributed by atoms with Crippen LogP contribution >= 0.6 is 0 Å². The Morgan fingerprint density at radius 3 is 2.52 bits per heavy atom. The van der Waals surface area contributed by atoms with Crippen molar-refractivity contribution in [2.75, 3.05) is 0 Å². The summed E-state index contributed by atoms with van der Waals surface area (Å²) in [6, 6.07) is 10.2. The Morgan fingerprint density at radius 2 is 1.96 bits per heavy atom. The summed E-state index contributed by atoms with van der Waals surface area (Å²) in [5.41, 5.74) is 2.61. The molecule has 1 aromatic carbocycles. The molecule has 0 aliphatic carbocycles. The van der Waals surface area contributed by atoms with Gasteiger partial charge in [0.15, 0.2) is 0 Å². The fourth-order valence-electron chi connectivity index (χ4n) is 3.40. The lowest BCUT2D eigenvalue weighted by Gasteiger charge is -2.35. The van der Waals surface area contributed by atoms with Gasteiger partial charge in [0.25, 0.3) is 0 Å². The van der Waals surface area contributed by atoms with Crippen molar-refractivity contribution < 1.29 is 9.53 Å². The number of amides is 1. The third-order valence-corrected chi connectivity index (χ3v) is 4.38. The Bertz CT molecular complexity index is 677. The zero-order valence-corrected chi connectivity index (χ0v) is 13.9. The minimum atomic E-state index is -0.465. The number of hydrogen-bond donors (Lipinski definition) is 0. The van der Waals surface area contributed by atoms with Gasteiger partial charge in [0.05, 0.1) is 17.7 Å². The van der Waals surface area contributed by atoms with Gasteiger partial charge in [-0.15, -0.1) is 0 Å². The first kappa shape index (κ1) is 15.6. The van der Waals surface area contributed by atoms with Crippen LogP contribution in [0.5, 0.6) is 0 Å². The van der Waals surface area contributed by atoms with E-state index in [1.54, 1.807) is 0 Å². The molecule has 0 saturated carbocycles. The molecule has 2 heterocycles. The van der Waals surface area contributed by atoms with Gasteiger partial charge in [-0.1, -0.05) is 18.2 Å². The zero-order valence-electron chi connectivity index (χ0n) is 13.9. The Balaban J connectivity index is 1.80. The van der Waals surface area contributed by atoms with Gasteiger partial charge in [-0.3, -0.25) is 4.90 Å². The lowest BCUT2D eigenvalue weighted by atomic mass is 9.94. The van der Waals surface area contributed by atoms with E-state index >= 15 is 0 Å². The van der Waals surface area contributed by atoms with Crippen LogP contribution in [0.4, 0.5) is 4.79 Å². The normalized spacial score (nSPS) is 23.2. The number of rotatable bonds is 1. The standard InChI is InChI=1S/C19H22N2O2/c1-19(2,3)23-18(22)21-16-8-9-17(21)11-15(10-16)14-6-4-13(12-20)5-7-14/h4-7,10,16-17H,8-9,11H2,1-3H3. The van der Waals surface area contributed by atoms with Crippen LogP contribution in [0.3, 0.4) is 0 Å². The maximum Gasteiger partial charge on any atom is 0.411 e. The number of ether oxygens (including phenoxy) is 1. The Hall–Kier alpha value is -2.28. The monoisotopic (exact) mass is 310 g/mol. The van der Waals surface area contributed by atoms with Crippen LogP contribution in [0.2, 0.25) is 0 Å². The van der Waals surface area contributed by atoms with Gasteiger partial charge in [0, 0.05) is 6.04 Å². The minimum absolute atomic E-state index is 0.120. The topological polar surface area (TPSA) is 53.3 Å². The van der Waals surface area contributed by atoms with Crippen LogP contribution in [0, 0.1) is 11.3 Å². The van der Waals surface area contributed by atoms with E-state index in [4.69, 9.17) is 10.00 Å². The highest BCUT2D eigenvalue weighted by Crippen LogP contribution is 2.39. The van der Waals surface area contributed by atoms with Crippen LogP contribution in [0.1, 0.15) is 51.2 Å². The molecule has 2 unspecified atom stereocenters. The SMILES string of the molecule is CC(C)(C)OC(=O)N1C2C=C(c3ccc(C#N)cc3)CC1CC2. The first-order valence-electron chi connectivity index (χ1n) is 8.10. The molecule has 2 aliphatic heterocycles. The van der Waals surface area contributed by atoms with Gasteiger partial charge in [-0.05, 0) is 63.3 Å². The Morgan fingerprint density at radius 1 is 1.26 bits per heavy atom. The lowest BCUT2D eigenvalue weighted by Crippen LogP contribution is -2.45. The Kier molecular flexibility index (Phi) is 3.89. The van der Waals surface area contributed by atoms with Gasteiger partial charge in [0.2, 0.25) is 0 Å². The summed E-state index contributed by atoms with van der Waals surface area (Å²) in [6.07, 6.45) is 4.83. The number of benzene rings is 1. The third kappa shape index (κ3) is 3.24. The smallest absolute Gasteiger partial charge is 0.411 e. The number of nitriles is 1. The van der Waals surface area contributed by atoms with Crippen molar-refractivity contribution >= 4 is 11.7 Å². The van der Waals surface area contributed by atoms with Crippen LogP contribution in [0.25, 0.3) is 5.57 Å². The average Bonchev–Trinajstić information content (AvgIpc) is 2.76. The second kappa shape index (κ2) is 5.73. The van der Waals surface area contributed by atoms with E-state index in [1.807, 2.05) is 49.9 Å². The summed E-state index contributed by atoms with van der Waals surface area (Å²) in [6.45, 7) is 5.69. The van der Waals surface area contributed by atoms with Crippen LogP contribution in [0.15, 0.2) is 30.3 Å². The first-order chi connectivity index (χ1) is 10.9. The summed E-state index contributed by atoms with van der Waals surface area (Å²) in [4.78, 5) is 14.3. The van der Waals surface area contributed by atoms with Crippen molar-refractivity contribution in [2.24, 2.45) is 0 Å². The van der Waals surface area contributed by atoms with Crippen molar-refractivity contribution in [1.29, 1.82) is 5.26 Å². The molecule has 0 radical (unpaired) electrons. The molecule has 2 aliphatic rings. The maximum absolute atomic E-state index is 12.4. The van der Waals surface area contributed by atoms with Crippen molar-refractivity contribution in [3.05, 3.63) is 41.5 Å². The van der Waals surface area contributed by atoms with E-state index in [9.17, 15) is 4.79 Å². The largest absolute Gasteiger partial charge is 0.444 e. The van der Waals surface area contributed by atoms with Crippen molar-refractivity contribution in [2.45, 2.75) is 57.7 Å². The van der Waals surface area contributed by atoms with E-state index in [2.05, 4.69) is 12.1 Å². The van der Waals surface area contributed by atoms with Crippen LogP contribution in [-0.4, -0.2) is 28.7 Å². The predicted octanol–water partition coefficient (Wildman–Crippen LogP) is 4.11. The molecule has 23 heavy (non-hydrogen) atoms. The highest BCUT2D eigenvalue weighted by Gasteiger charge is 2.41. The quantitative estimate of drug-likeness (QED) is 0.784. The van der Waals surface area contributed by atoms with Crippen LogP contribution in [-0.2, 0) is 4.74 Å². The molecule has 3 rings (SSSR count). The molecule has 1 saturated heterocycles. The highest BCUT2D eigenvalue weighted by atomic mass is 16.6.